The van der Waals surface area contributed by atoms with Crippen molar-refractivity contribution in [2.24, 2.45) is 7.05 Å². The molecule has 0 bridgehead atoms. The van der Waals surface area contributed by atoms with E-state index in [1.165, 1.54) is 26.4 Å². The van der Waals surface area contributed by atoms with Gasteiger partial charge in [0, 0.05) is 18.5 Å². The first-order valence-electron chi connectivity index (χ1n) is 5.11. The summed E-state index contributed by atoms with van der Waals surface area (Å²) in [4.78, 5) is 11.5. The van der Waals surface area contributed by atoms with Gasteiger partial charge in [0.1, 0.15) is 5.69 Å². The van der Waals surface area contributed by atoms with Crippen LogP contribution in [0.1, 0.15) is 10.5 Å². The second-order valence-corrected chi connectivity index (χ2v) is 4.10. The molecule has 1 heterocycles. The lowest BCUT2D eigenvalue weighted by molar-refractivity contribution is 0.0590. The molecule has 4 nitrogen and oxygen atoms in total. The van der Waals surface area contributed by atoms with Crippen LogP contribution in [0, 0.1) is 5.82 Å². The molecule has 0 unspecified atom stereocenters. The van der Waals surface area contributed by atoms with Gasteiger partial charge in [-0.25, -0.2) is 9.18 Å². The second kappa shape index (κ2) is 4.49. The Hall–Kier alpha value is -1.75. The van der Waals surface area contributed by atoms with Crippen LogP contribution in [0.2, 0.25) is 5.02 Å². The predicted octanol–water partition coefficient (Wildman–Crippen LogP) is 2.77. The number of methoxy groups -OCH3 is 2. The highest BCUT2D eigenvalue weighted by molar-refractivity contribution is 6.36. The van der Waals surface area contributed by atoms with E-state index in [-0.39, 0.29) is 10.8 Å². The van der Waals surface area contributed by atoms with Gasteiger partial charge in [0.15, 0.2) is 11.6 Å². The van der Waals surface area contributed by atoms with Crippen LogP contribution in [-0.4, -0.2) is 24.8 Å². The van der Waals surface area contributed by atoms with Crippen LogP contribution in [0.3, 0.4) is 0 Å². The van der Waals surface area contributed by atoms with Crippen LogP contribution in [0.4, 0.5) is 4.39 Å². The molecule has 0 atom stereocenters. The number of ether oxygens (including phenoxy) is 2. The fourth-order valence-electron chi connectivity index (χ4n) is 1.83. The molecule has 0 radical (unpaired) electrons. The molecule has 0 saturated carbocycles. The second-order valence-electron chi connectivity index (χ2n) is 3.72. The van der Waals surface area contributed by atoms with Gasteiger partial charge in [-0.05, 0) is 6.07 Å². The van der Waals surface area contributed by atoms with Gasteiger partial charge in [-0.3, -0.25) is 0 Å². The maximum Gasteiger partial charge on any atom is 0.354 e. The third kappa shape index (κ3) is 1.71. The molecule has 1 aromatic carbocycles. The first-order valence-corrected chi connectivity index (χ1v) is 5.48. The molecule has 0 aliphatic carbocycles. The van der Waals surface area contributed by atoms with Crippen molar-refractivity contribution < 1.29 is 18.7 Å². The van der Waals surface area contributed by atoms with E-state index in [1.807, 2.05) is 0 Å². The molecule has 0 N–H and O–H groups in total. The molecule has 0 saturated heterocycles. The maximum absolute atomic E-state index is 13.8. The van der Waals surface area contributed by atoms with Gasteiger partial charge < -0.3 is 14.0 Å². The molecule has 96 valence electrons. The third-order valence-electron chi connectivity index (χ3n) is 2.81. The highest BCUT2D eigenvalue weighted by Gasteiger charge is 2.19. The zero-order chi connectivity index (χ0) is 13.4. The van der Waals surface area contributed by atoms with E-state index in [4.69, 9.17) is 16.3 Å². The molecular formula is C12H11ClFNO3. The standard InChI is InChI=1S/C12H11ClFNO3/c1-15-7-5-9(17-2)11(14)10(13)6(7)4-8(15)12(16)18-3/h4-5H,1-3H3. The number of aryl methyl sites for hydroxylation is 1. The van der Waals surface area contributed by atoms with E-state index in [9.17, 15) is 9.18 Å². The number of aromatic nitrogens is 1. The van der Waals surface area contributed by atoms with Gasteiger partial charge in [-0.2, -0.15) is 0 Å². The number of halogens is 2. The number of rotatable bonds is 2. The van der Waals surface area contributed by atoms with Crippen LogP contribution >= 0.6 is 11.6 Å². The average molecular weight is 272 g/mol. The predicted molar refractivity (Wildman–Crippen MR) is 65.8 cm³/mol. The molecule has 0 amide bonds. The lowest BCUT2D eigenvalue weighted by Crippen LogP contribution is -2.06. The van der Waals surface area contributed by atoms with Crippen molar-refractivity contribution in [2.75, 3.05) is 14.2 Å². The van der Waals surface area contributed by atoms with Crippen molar-refractivity contribution >= 4 is 28.5 Å². The van der Waals surface area contributed by atoms with Crippen molar-refractivity contribution in [3.8, 4) is 5.75 Å². The summed E-state index contributed by atoms with van der Waals surface area (Å²) in [7, 11) is 4.30. The Morgan fingerprint density at radius 2 is 2.06 bits per heavy atom. The monoisotopic (exact) mass is 271 g/mol. The van der Waals surface area contributed by atoms with E-state index in [0.29, 0.717) is 16.6 Å². The largest absolute Gasteiger partial charge is 0.494 e. The van der Waals surface area contributed by atoms with Gasteiger partial charge in [-0.15, -0.1) is 0 Å². The topological polar surface area (TPSA) is 40.5 Å². The van der Waals surface area contributed by atoms with Crippen LogP contribution < -0.4 is 4.74 Å². The zero-order valence-electron chi connectivity index (χ0n) is 10.1. The first kappa shape index (κ1) is 12.7. The minimum Gasteiger partial charge on any atom is -0.494 e. The SMILES string of the molecule is COC(=O)c1cc2c(Cl)c(F)c(OC)cc2n1C. The van der Waals surface area contributed by atoms with Gasteiger partial charge in [0.25, 0.3) is 0 Å². The number of carbonyl (C=O) groups is 1. The Morgan fingerprint density at radius 1 is 1.39 bits per heavy atom. The summed E-state index contributed by atoms with van der Waals surface area (Å²) in [6.07, 6.45) is 0. The molecule has 0 aliphatic heterocycles. The van der Waals surface area contributed by atoms with Crippen molar-refractivity contribution in [1.82, 2.24) is 4.57 Å². The maximum atomic E-state index is 13.8. The molecule has 0 fully saturated rings. The Balaban J connectivity index is 2.80. The summed E-state index contributed by atoms with van der Waals surface area (Å²) >= 11 is 5.92. The quantitative estimate of drug-likeness (QED) is 0.789. The Morgan fingerprint density at radius 3 is 2.61 bits per heavy atom. The minimum absolute atomic E-state index is 0.0325. The van der Waals surface area contributed by atoms with Crippen LogP contribution in [-0.2, 0) is 11.8 Å². The summed E-state index contributed by atoms with van der Waals surface area (Å²) < 4.78 is 24.9. The number of esters is 1. The van der Waals surface area contributed by atoms with Gasteiger partial charge in [0.05, 0.1) is 24.8 Å². The van der Waals surface area contributed by atoms with Crippen LogP contribution in [0.15, 0.2) is 12.1 Å². The molecule has 0 aliphatic rings. The van der Waals surface area contributed by atoms with E-state index in [0.717, 1.165) is 0 Å². The van der Waals surface area contributed by atoms with Crippen LogP contribution in [0.25, 0.3) is 10.9 Å². The van der Waals surface area contributed by atoms with Gasteiger partial charge in [0.2, 0.25) is 0 Å². The van der Waals surface area contributed by atoms with Crippen molar-refractivity contribution in [1.29, 1.82) is 0 Å². The van der Waals surface area contributed by atoms with Gasteiger partial charge in [-0.1, -0.05) is 11.6 Å². The Bertz CT molecular complexity index is 636. The average Bonchev–Trinajstić information content (AvgIpc) is 2.70. The smallest absolute Gasteiger partial charge is 0.354 e. The molecule has 2 aromatic rings. The minimum atomic E-state index is -0.645. The van der Waals surface area contributed by atoms with Crippen LogP contribution in [0.5, 0.6) is 5.75 Å². The third-order valence-corrected chi connectivity index (χ3v) is 3.18. The molecular weight excluding hydrogens is 261 g/mol. The van der Waals surface area contributed by atoms with Crippen molar-refractivity contribution in [3.05, 3.63) is 28.7 Å². The number of hydrogen-bond acceptors (Lipinski definition) is 3. The van der Waals surface area contributed by atoms with E-state index in [2.05, 4.69) is 4.74 Å². The number of hydrogen-bond donors (Lipinski definition) is 0. The fraction of sp³-hybridized carbons (Fsp3) is 0.250. The fourth-order valence-corrected chi connectivity index (χ4v) is 2.08. The number of benzene rings is 1. The highest BCUT2D eigenvalue weighted by Crippen LogP contribution is 2.34. The number of carbonyl (C=O) groups excluding carboxylic acids is 1. The number of fused-ring (bicyclic) bond motifs is 1. The van der Waals surface area contributed by atoms with Gasteiger partial charge >= 0.3 is 5.97 Å². The summed E-state index contributed by atoms with van der Waals surface area (Å²) in [6, 6.07) is 2.98. The summed E-state index contributed by atoms with van der Waals surface area (Å²) in [5.41, 5.74) is 0.890. The lowest BCUT2D eigenvalue weighted by Gasteiger charge is -2.06. The molecule has 1 aromatic heterocycles. The highest BCUT2D eigenvalue weighted by atomic mass is 35.5. The summed E-state index contributed by atoms with van der Waals surface area (Å²) in [5, 5.41) is 0.368. The molecule has 2 rings (SSSR count). The lowest BCUT2D eigenvalue weighted by atomic mass is 10.2. The molecule has 18 heavy (non-hydrogen) atoms. The zero-order valence-corrected chi connectivity index (χ0v) is 10.8. The van der Waals surface area contributed by atoms with Crippen molar-refractivity contribution in [3.63, 3.8) is 0 Å². The Kier molecular flexibility index (Phi) is 3.17. The van der Waals surface area contributed by atoms with E-state index in [1.54, 1.807) is 11.6 Å². The van der Waals surface area contributed by atoms with E-state index < -0.39 is 11.8 Å². The number of nitrogens with zero attached hydrogens (tertiary/aromatic N) is 1. The normalized spacial score (nSPS) is 10.7. The molecule has 0 spiro atoms. The molecule has 6 heteroatoms. The summed E-state index contributed by atoms with van der Waals surface area (Å²) in [5.74, 6) is -1.12. The summed E-state index contributed by atoms with van der Waals surface area (Å²) in [6.45, 7) is 0. The first-order chi connectivity index (χ1) is 8.51. The van der Waals surface area contributed by atoms with E-state index >= 15 is 0 Å². The van der Waals surface area contributed by atoms with Crippen molar-refractivity contribution in [2.45, 2.75) is 0 Å². The Labute approximate surface area is 108 Å².